The fourth-order valence-electron chi connectivity index (χ4n) is 3.18. The van der Waals surface area contributed by atoms with Crippen LogP contribution in [0.15, 0.2) is 0 Å². The fourth-order valence-corrected chi connectivity index (χ4v) is 4.01. The number of nitrogens with one attached hydrogen (secondary N) is 1. The van der Waals surface area contributed by atoms with Crippen LogP contribution in [0.3, 0.4) is 0 Å². The first kappa shape index (κ1) is 15.7. The molecule has 0 saturated carbocycles. The van der Waals surface area contributed by atoms with Crippen LogP contribution in [0.25, 0.3) is 0 Å². The van der Waals surface area contributed by atoms with Crippen LogP contribution in [0.1, 0.15) is 26.2 Å². The van der Waals surface area contributed by atoms with E-state index in [9.17, 15) is 13.2 Å². The maximum Gasteiger partial charge on any atom is 0.228 e. The minimum absolute atomic E-state index is 0.217. The summed E-state index contributed by atoms with van der Waals surface area (Å²) in [6, 6.07) is 0. The number of amides is 1. The lowest BCUT2D eigenvalue weighted by Gasteiger charge is -2.42. The molecule has 6 nitrogen and oxygen atoms in total. The highest BCUT2D eigenvalue weighted by Crippen LogP contribution is 2.35. The molecule has 2 fully saturated rings. The molecule has 1 amide bonds. The number of carbonyl (C=O) groups excluding carboxylic acids is 1. The smallest absolute Gasteiger partial charge is 0.228 e. The minimum atomic E-state index is -3.14. The van der Waals surface area contributed by atoms with Crippen LogP contribution in [0.5, 0.6) is 0 Å². The van der Waals surface area contributed by atoms with Crippen LogP contribution < -0.4 is 5.32 Å². The molecule has 2 heterocycles. The number of piperazine rings is 1. The lowest BCUT2D eigenvalue weighted by atomic mass is 9.75. The third-order valence-electron chi connectivity index (χ3n) is 4.69. The molecule has 116 valence electrons. The van der Waals surface area contributed by atoms with Crippen LogP contribution in [-0.4, -0.2) is 69.1 Å². The molecule has 2 aliphatic heterocycles. The molecule has 1 N–H and O–H groups in total. The van der Waals surface area contributed by atoms with Gasteiger partial charge in [-0.1, -0.05) is 6.92 Å². The van der Waals surface area contributed by atoms with Gasteiger partial charge in [-0.3, -0.25) is 4.79 Å². The molecular formula is C13H25N3O3S. The molecule has 0 atom stereocenters. The number of rotatable bonds is 3. The van der Waals surface area contributed by atoms with Crippen LogP contribution >= 0.6 is 0 Å². The average molecular weight is 303 g/mol. The van der Waals surface area contributed by atoms with E-state index in [4.69, 9.17) is 0 Å². The Labute approximate surface area is 121 Å². The van der Waals surface area contributed by atoms with E-state index in [1.807, 2.05) is 4.90 Å². The second-order valence-corrected chi connectivity index (χ2v) is 7.82. The highest BCUT2D eigenvalue weighted by molar-refractivity contribution is 7.88. The number of nitrogens with zero attached hydrogens (tertiary/aromatic N) is 2. The lowest BCUT2D eigenvalue weighted by molar-refractivity contribution is -0.145. The zero-order chi connectivity index (χ0) is 14.8. The molecule has 2 rings (SSSR count). The van der Waals surface area contributed by atoms with Crippen molar-refractivity contribution in [3.63, 3.8) is 0 Å². The molecule has 0 aromatic rings. The predicted octanol–water partition coefficient (Wildman–Crippen LogP) is -0.130. The Bertz CT molecular complexity index is 449. The molecule has 7 heteroatoms. The summed E-state index contributed by atoms with van der Waals surface area (Å²) in [4.78, 5) is 14.7. The molecule has 0 aromatic heterocycles. The highest BCUT2D eigenvalue weighted by atomic mass is 32.2. The van der Waals surface area contributed by atoms with Crippen molar-refractivity contribution in [3.8, 4) is 0 Å². The number of carbonyl (C=O) groups is 1. The van der Waals surface area contributed by atoms with Crippen LogP contribution in [0, 0.1) is 5.41 Å². The van der Waals surface area contributed by atoms with Gasteiger partial charge in [0.25, 0.3) is 0 Å². The molecule has 2 aliphatic rings. The van der Waals surface area contributed by atoms with Crippen molar-refractivity contribution in [2.24, 2.45) is 5.41 Å². The Morgan fingerprint density at radius 1 is 1.15 bits per heavy atom. The van der Waals surface area contributed by atoms with Crippen LogP contribution in [-0.2, 0) is 14.8 Å². The highest BCUT2D eigenvalue weighted by Gasteiger charge is 2.41. The van der Waals surface area contributed by atoms with E-state index in [0.717, 1.165) is 32.4 Å². The molecule has 0 aromatic carbocycles. The normalized spacial score (nSPS) is 24.6. The Balaban J connectivity index is 2.00. The summed E-state index contributed by atoms with van der Waals surface area (Å²) < 4.78 is 24.5. The van der Waals surface area contributed by atoms with E-state index in [1.165, 1.54) is 10.6 Å². The van der Waals surface area contributed by atoms with Crippen molar-refractivity contribution in [1.29, 1.82) is 0 Å². The van der Waals surface area contributed by atoms with E-state index >= 15 is 0 Å². The summed E-state index contributed by atoms with van der Waals surface area (Å²) in [7, 11) is -3.14. The van der Waals surface area contributed by atoms with Gasteiger partial charge in [0.1, 0.15) is 0 Å². The largest absolute Gasteiger partial charge is 0.340 e. The second kappa shape index (κ2) is 5.99. The van der Waals surface area contributed by atoms with Crippen LogP contribution in [0.4, 0.5) is 0 Å². The number of sulfonamides is 1. The minimum Gasteiger partial charge on any atom is -0.340 e. The van der Waals surface area contributed by atoms with Crippen LogP contribution in [0.2, 0.25) is 0 Å². The van der Waals surface area contributed by atoms with Crippen molar-refractivity contribution < 1.29 is 13.2 Å². The number of hydrogen-bond acceptors (Lipinski definition) is 4. The average Bonchev–Trinajstić information content (AvgIpc) is 2.46. The lowest BCUT2D eigenvalue weighted by Crippen LogP contribution is -2.55. The van der Waals surface area contributed by atoms with Gasteiger partial charge in [0.05, 0.1) is 11.7 Å². The van der Waals surface area contributed by atoms with E-state index < -0.39 is 10.0 Å². The molecule has 0 unspecified atom stereocenters. The number of hydrogen-bond donors (Lipinski definition) is 1. The van der Waals surface area contributed by atoms with Gasteiger partial charge in [0.15, 0.2) is 0 Å². The molecule has 0 spiro atoms. The Kier molecular flexibility index (Phi) is 4.71. The van der Waals surface area contributed by atoms with E-state index in [0.29, 0.717) is 26.2 Å². The Morgan fingerprint density at radius 2 is 1.70 bits per heavy atom. The van der Waals surface area contributed by atoms with Gasteiger partial charge in [0.2, 0.25) is 15.9 Å². The maximum absolute atomic E-state index is 12.8. The summed E-state index contributed by atoms with van der Waals surface area (Å²) in [5.41, 5.74) is -0.238. The number of piperidine rings is 1. The van der Waals surface area contributed by atoms with Gasteiger partial charge in [-0.05, 0) is 32.4 Å². The van der Waals surface area contributed by atoms with Gasteiger partial charge in [-0.2, -0.15) is 4.31 Å². The fraction of sp³-hybridized carbons (Fsp3) is 0.923. The summed E-state index contributed by atoms with van der Waals surface area (Å²) in [6.07, 6.45) is 3.86. The van der Waals surface area contributed by atoms with Crippen molar-refractivity contribution in [3.05, 3.63) is 0 Å². The molecule has 0 bridgehead atoms. The molecule has 2 saturated heterocycles. The summed E-state index contributed by atoms with van der Waals surface area (Å²) in [5, 5.41) is 3.30. The van der Waals surface area contributed by atoms with Crippen molar-refractivity contribution in [1.82, 2.24) is 14.5 Å². The van der Waals surface area contributed by atoms with Gasteiger partial charge < -0.3 is 10.2 Å². The predicted molar refractivity (Wildman–Crippen MR) is 77.8 cm³/mol. The monoisotopic (exact) mass is 303 g/mol. The zero-order valence-corrected chi connectivity index (χ0v) is 13.2. The molecule has 20 heavy (non-hydrogen) atoms. The summed E-state index contributed by atoms with van der Waals surface area (Å²) >= 11 is 0. The van der Waals surface area contributed by atoms with Gasteiger partial charge in [-0.25, -0.2) is 8.42 Å². The zero-order valence-electron chi connectivity index (χ0n) is 12.4. The van der Waals surface area contributed by atoms with E-state index in [1.54, 1.807) is 0 Å². The third-order valence-corrected chi connectivity index (χ3v) is 5.99. The first-order chi connectivity index (χ1) is 9.39. The maximum atomic E-state index is 12.8. The third kappa shape index (κ3) is 3.15. The summed E-state index contributed by atoms with van der Waals surface area (Å²) in [5.74, 6) is 0.217. The summed E-state index contributed by atoms with van der Waals surface area (Å²) in [6.45, 7) is 5.73. The Hall–Kier alpha value is -0.660. The second-order valence-electron chi connectivity index (χ2n) is 5.84. The van der Waals surface area contributed by atoms with Gasteiger partial charge in [-0.15, -0.1) is 0 Å². The first-order valence-electron chi connectivity index (χ1n) is 7.34. The van der Waals surface area contributed by atoms with E-state index in [-0.39, 0.29) is 11.3 Å². The van der Waals surface area contributed by atoms with Gasteiger partial charge in [0, 0.05) is 26.2 Å². The molecule has 0 aliphatic carbocycles. The van der Waals surface area contributed by atoms with Crippen molar-refractivity contribution >= 4 is 15.9 Å². The Morgan fingerprint density at radius 3 is 2.15 bits per heavy atom. The van der Waals surface area contributed by atoms with Gasteiger partial charge >= 0.3 is 0 Å². The quantitative estimate of drug-likeness (QED) is 0.788. The molecule has 0 radical (unpaired) electrons. The SMILES string of the molecule is CCC1(C(=O)N2CCN(S(C)(=O)=O)CC2)CCNCC1. The standard InChI is InChI=1S/C13H25N3O3S/c1-3-13(4-6-14-7-5-13)12(17)15-8-10-16(11-9-15)20(2,18)19/h14H,3-11H2,1-2H3. The first-order valence-corrected chi connectivity index (χ1v) is 9.19. The van der Waals surface area contributed by atoms with Crippen molar-refractivity contribution in [2.75, 3.05) is 45.5 Å². The molecular weight excluding hydrogens is 278 g/mol. The van der Waals surface area contributed by atoms with Crippen molar-refractivity contribution in [2.45, 2.75) is 26.2 Å². The topological polar surface area (TPSA) is 69.7 Å². The van der Waals surface area contributed by atoms with E-state index in [2.05, 4.69) is 12.2 Å².